The van der Waals surface area contributed by atoms with E-state index < -0.39 is 0 Å². The van der Waals surface area contributed by atoms with Gasteiger partial charge in [-0.2, -0.15) is 11.8 Å². The van der Waals surface area contributed by atoms with Crippen molar-refractivity contribution in [1.29, 1.82) is 0 Å². The number of carbonyl (C=O) groups is 1. The predicted molar refractivity (Wildman–Crippen MR) is 80.2 cm³/mol. The Hall–Kier alpha value is -0.940. The van der Waals surface area contributed by atoms with Crippen LogP contribution in [0.2, 0.25) is 0 Å². The van der Waals surface area contributed by atoms with Crippen molar-refractivity contribution in [2.24, 2.45) is 0 Å². The zero-order chi connectivity index (χ0) is 14.3. The first-order chi connectivity index (χ1) is 9.12. The third kappa shape index (κ3) is 4.91. The summed E-state index contributed by atoms with van der Waals surface area (Å²) in [4.78, 5) is 13.9. The number of furan rings is 1. The summed E-state index contributed by atoms with van der Waals surface area (Å²) < 4.78 is 5.66. The van der Waals surface area contributed by atoms with Crippen molar-refractivity contribution in [3.63, 3.8) is 0 Å². The minimum Gasteiger partial charge on any atom is -0.464 e. The number of carbonyl (C=O) groups excluding carboxylic acids is 1. The molecule has 4 nitrogen and oxygen atoms in total. The lowest BCUT2D eigenvalue weighted by Crippen LogP contribution is -2.44. The molecule has 0 aromatic carbocycles. The highest BCUT2D eigenvalue weighted by Crippen LogP contribution is 2.13. The van der Waals surface area contributed by atoms with Gasteiger partial charge in [0, 0.05) is 13.1 Å². The van der Waals surface area contributed by atoms with Gasteiger partial charge in [0.15, 0.2) is 0 Å². The smallest absolute Gasteiger partial charge is 0.239 e. The summed E-state index contributed by atoms with van der Waals surface area (Å²) in [6.45, 7) is 7.97. The monoisotopic (exact) mass is 284 g/mol. The second-order valence-corrected chi connectivity index (χ2v) is 5.28. The fourth-order valence-corrected chi connectivity index (χ4v) is 2.33. The van der Waals surface area contributed by atoms with E-state index >= 15 is 0 Å². The molecule has 1 unspecified atom stereocenters. The van der Waals surface area contributed by atoms with Crippen LogP contribution in [0.4, 0.5) is 0 Å². The fourth-order valence-electron chi connectivity index (χ4n) is 1.89. The molecule has 1 rings (SSSR count). The summed E-state index contributed by atoms with van der Waals surface area (Å²) in [5, 5.41) is 3.21. The largest absolute Gasteiger partial charge is 0.464 e. The fraction of sp³-hybridized carbons (Fsp3) is 0.643. The lowest BCUT2D eigenvalue weighted by molar-refractivity contribution is -0.132. The van der Waals surface area contributed by atoms with Crippen molar-refractivity contribution < 1.29 is 9.21 Å². The maximum atomic E-state index is 12.1. The molecule has 0 spiro atoms. The van der Waals surface area contributed by atoms with E-state index in [2.05, 4.69) is 5.32 Å². The number of hydrogen-bond donors (Lipinski definition) is 1. The van der Waals surface area contributed by atoms with Crippen LogP contribution in [-0.4, -0.2) is 36.2 Å². The van der Waals surface area contributed by atoms with Gasteiger partial charge in [-0.3, -0.25) is 10.1 Å². The highest BCUT2D eigenvalue weighted by atomic mass is 32.2. The first-order valence-corrected chi connectivity index (χ1v) is 8.10. The van der Waals surface area contributed by atoms with Crippen molar-refractivity contribution in [2.45, 2.75) is 39.1 Å². The summed E-state index contributed by atoms with van der Waals surface area (Å²) in [6, 6.07) is 3.77. The highest BCUT2D eigenvalue weighted by Gasteiger charge is 2.17. The third-order valence-electron chi connectivity index (χ3n) is 3.03. The standard InChI is InChI=1S/C14H24N2O2S/c1-5-16(6-2)14(17)11(3)15-9-12-7-8-13(18-12)10-19-4/h7-8,11,15H,5-6,9-10H2,1-4H3. The zero-order valence-electron chi connectivity index (χ0n) is 12.2. The molecule has 108 valence electrons. The predicted octanol–water partition coefficient (Wildman–Crippen LogP) is 2.49. The molecule has 1 N–H and O–H groups in total. The van der Waals surface area contributed by atoms with Crippen LogP contribution in [-0.2, 0) is 17.1 Å². The Morgan fingerprint density at radius 2 is 2.00 bits per heavy atom. The average Bonchev–Trinajstić information content (AvgIpc) is 2.85. The summed E-state index contributed by atoms with van der Waals surface area (Å²) in [7, 11) is 0. The average molecular weight is 284 g/mol. The molecule has 0 aliphatic heterocycles. The van der Waals surface area contributed by atoms with Gasteiger partial charge in [0.2, 0.25) is 5.91 Å². The number of rotatable bonds is 8. The molecule has 1 aromatic heterocycles. The molecule has 0 saturated heterocycles. The number of likely N-dealkylation sites (N-methyl/N-ethyl adjacent to an activating group) is 1. The van der Waals surface area contributed by atoms with E-state index in [0.717, 1.165) is 30.4 Å². The van der Waals surface area contributed by atoms with Crippen LogP contribution in [0.5, 0.6) is 0 Å². The van der Waals surface area contributed by atoms with Crippen LogP contribution in [0.1, 0.15) is 32.3 Å². The van der Waals surface area contributed by atoms with Crippen molar-refractivity contribution in [1.82, 2.24) is 10.2 Å². The number of nitrogens with zero attached hydrogens (tertiary/aromatic N) is 1. The van der Waals surface area contributed by atoms with E-state index in [4.69, 9.17) is 4.42 Å². The highest BCUT2D eigenvalue weighted by molar-refractivity contribution is 7.97. The van der Waals surface area contributed by atoms with Crippen LogP contribution in [0.25, 0.3) is 0 Å². The number of nitrogens with one attached hydrogen (secondary N) is 1. The van der Waals surface area contributed by atoms with Gasteiger partial charge >= 0.3 is 0 Å². The first kappa shape index (κ1) is 16.1. The molecule has 0 aliphatic carbocycles. The quantitative estimate of drug-likeness (QED) is 0.796. The molecule has 0 saturated carbocycles. The summed E-state index contributed by atoms with van der Waals surface area (Å²) in [5.41, 5.74) is 0. The lowest BCUT2D eigenvalue weighted by Gasteiger charge is -2.23. The Morgan fingerprint density at radius 1 is 1.37 bits per heavy atom. The summed E-state index contributed by atoms with van der Waals surface area (Å²) in [6.07, 6.45) is 2.05. The molecule has 1 atom stereocenters. The SMILES string of the molecule is CCN(CC)C(=O)C(C)NCc1ccc(CSC)o1. The van der Waals surface area contributed by atoms with Crippen molar-refractivity contribution in [2.75, 3.05) is 19.3 Å². The second-order valence-electron chi connectivity index (χ2n) is 4.41. The second kappa shape index (κ2) is 8.27. The molecule has 0 radical (unpaired) electrons. The topological polar surface area (TPSA) is 45.5 Å². The zero-order valence-corrected chi connectivity index (χ0v) is 13.0. The van der Waals surface area contributed by atoms with Gasteiger partial charge in [0.1, 0.15) is 11.5 Å². The first-order valence-electron chi connectivity index (χ1n) is 6.71. The maximum absolute atomic E-state index is 12.1. The molecule has 1 amide bonds. The molecule has 1 heterocycles. The van der Waals surface area contributed by atoms with E-state index in [1.807, 2.05) is 44.1 Å². The Kier molecular flexibility index (Phi) is 7.02. The van der Waals surface area contributed by atoms with Crippen LogP contribution in [0.3, 0.4) is 0 Å². The van der Waals surface area contributed by atoms with Gasteiger partial charge in [-0.25, -0.2) is 0 Å². The number of amides is 1. The summed E-state index contributed by atoms with van der Waals surface area (Å²) in [5.74, 6) is 2.88. The Balaban J connectivity index is 2.44. The Morgan fingerprint density at radius 3 is 2.58 bits per heavy atom. The van der Waals surface area contributed by atoms with Gasteiger partial charge in [-0.05, 0) is 39.2 Å². The minimum atomic E-state index is -0.186. The van der Waals surface area contributed by atoms with E-state index in [1.54, 1.807) is 11.8 Å². The molecular weight excluding hydrogens is 260 g/mol. The number of thioether (sulfide) groups is 1. The van der Waals surface area contributed by atoms with Crippen molar-refractivity contribution in [3.05, 3.63) is 23.7 Å². The van der Waals surface area contributed by atoms with Gasteiger partial charge in [0.25, 0.3) is 0 Å². The molecule has 1 aromatic rings. The molecule has 19 heavy (non-hydrogen) atoms. The molecule has 0 fully saturated rings. The Labute approximate surface area is 119 Å². The molecular formula is C14H24N2O2S. The van der Waals surface area contributed by atoms with E-state index in [-0.39, 0.29) is 11.9 Å². The van der Waals surface area contributed by atoms with Crippen LogP contribution in [0, 0.1) is 0 Å². The molecule has 0 aliphatic rings. The minimum absolute atomic E-state index is 0.140. The lowest BCUT2D eigenvalue weighted by atomic mass is 10.2. The van der Waals surface area contributed by atoms with E-state index in [0.29, 0.717) is 6.54 Å². The Bertz CT molecular complexity index is 389. The van der Waals surface area contributed by atoms with E-state index in [9.17, 15) is 4.79 Å². The van der Waals surface area contributed by atoms with Gasteiger partial charge in [-0.15, -0.1) is 0 Å². The van der Waals surface area contributed by atoms with E-state index in [1.165, 1.54) is 0 Å². The van der Waals surface area contributed by atoms with Gasteiger partial charge < -0.3 is 9.32 Å². The maximum Gasteiger partial charge on any atom is 0.239 e. The third-order valence-corrected chi connectivity index (χ3v) is 3.61. The molecule has 5 heteroatoms. The van der Waals surface area contributed by atoms with Gasteiger partial charge in [0.05, 0.1) is 18.3 Å². The normalized spacial score (nSPS) is 12.4. The summed E-state index contributed by atoms with van der Waals surface area (Å²) >= 11 is 1.73. The van der Waals surface area contributed by atoms with Crippen molar-refractivity contribution >= 4 is 17.7 Å². The number of hydrogen-bond acceptors (Lipinski definition) is 4. The van der Waals surface area contributed by atoms with Crippen LogP contribution in [0.15, 0.2) is 16.5 Å². The van der Waals surface area contributed by atoms with Gasteiger partial charge in [-0.1, -0.05) is 0 Å². The molecule has 0 bridgehead atoms. The van der Waals surface area contributed by atoms with Crippen LogP contribution >= 0.6 is 11.8 Å². The van der Waals surface area contributed by atoms with Crippen molar-refractivity contribution in [3.8, 4) is 0 Å². The van der Waals surface area contributed by atoms with Crippen LogP contribution < -0.4 is 5.32 Å².